The molecule has 1 amide bonds. The van der Waals surface area contributed by atoms with Crippen LogP contribution < -0.4 is 5.32 Å². The number of aliphatic hydroxyl groups is 1. The number of rotatable bonds is 4. The SMILES string of the molecule is N#Cc1ccc(NC(=O)[C@@H](O)Cn2nnc3cc(C(F)(F)F)ccc32)cc1C(F)(F)F. The topological polar surface area (TPSA) is 104 Å². The number of carbonyl (C=O) groups excluding carboxylic acids is 1. The number of aromatic nitrogens is 3. The maximum Gasteiger partial charge on any atom is 0.417 e. The fraction of sp³-hybridized carbons (Fsp3) is 0.222. The van der Waals surface area contributed by atoms with Gasteiger partial charge in [-0.15, -0.1) is 5.10 Å². The summed E-state index contributed by atoms with van der Waals surface area (Å²) in [6.07, 6.45) is -11.2. The van der Waals surface area contributed by atoms with Crippen molar-refractivity contribution in [2.24, 2.45) is 0 Å². The van der Waals surface area contributed by atoms with Gasteiger partial charge in [-0.1, -0.05) is 5.21 Å². The van der Waals surface area contributed by atoms with E-state index in [0.29, 0.717) is 6.07 Å². The summed E-state index contributed by atoms with van der Waals surface area (Å²) in [5.74, 6) is -1.09. The van der Waals surface area contributed by atoms with Gasteiger partial charge in [-0.2, -0.15) is 31.6 Å². The van der Waals surface area contributed by atoms with Crippen LogP contribution in [0, 0.1) is 11.3 Å². The van der Waals surface area contributed by atoms with Gasteiger partial charge in [0.05, 0.1) is 34.8 Å². The minimum absolute atomic E-state index is 0.109. The Morgan fingerprint density at radius 2 is 1.84 bits per heavy atom. The zero-order valence-electron chi connectivity index (χ0n) is 15.2. The number of aliphatic hydroxyl groups excluding tert-OH is 1. The number of fused-ring (bicyclic) bond motifs is 1. The highest BCUT2D eigenvalue weighted by Crippen LogP contribution is 2.34. The molecule has 0 saturated carbocycles. The molecule has 2 N–H and O–H groups in total. The van der Waals surface area contributed by atoms with E-state index in [4.69, 9.17) is 5.26 Å². The van der Waals surface area contributed by atoms with Crippen molar-refractivity contribution in [2.75, 3.05) is 5.32 Å². The molecule has 0 unspecified atom stereocenters. The average molecular weight is 443 g/mol. The third-order valence-electron chi connectivity index (χ3n) is 4.20. The van der Waals surface area contributed by atoms with Crippen LogP contribution in [0.4, 0.5) is 32.0 Å². The molecule has 0 fully saturated rings. The molecule has 0 aliphatic carbocycles. The molecule has 1 aromatic heterocycles. The molecule has 1 atom stereocenters. The van der Waals surface area contributed by atoms with Gasteiger partial charge in [-0.3, -0.25) is 4.79 Å². The summed E-state index contributed by atoms with van der Waals surface area (Å²) in [6, 6.07) is 6.47. The quantitative estimate of drug-likeness (QED) is 0.602. The smallest absolute Gasteiger partial charge is 0.381 e. The Kier molecular flexibility index (Phi) is 5.60. The third kappa shape index (κ3) is 4.75. The number of nitrogens with zero attached hydrogens (tertiary/aromatic N) is 4. The van der Waals surface area contributed by atoms with Crippen molar-refractivity contribution in [3.8, 4) is 6.07 Å². The van der Waals surface area contributed by atoms with Crippen LogP contribution in [0.1, 0.15) is 16.7 Å². The normalized spacial score (nSPS) is 13.1. The molecule has 3 rings (SSSR count). The van der Waals surface area contributed by atoms with E-state index < -0.39 is 47.6 Å². The lowest BCUT2D eigenvalue weighted by atomic mass is 10.1. The first-order valence-electron chi connectivity index (χ1n) is 8.41. The zero-order valence-corrected chi connectivity index (χ0v) is 15.2. The van der Waals surface area contributed by atoms with Gasteiger partial charge in [0, 0.05) is 5.69 Å². The number of alkyl halides is 6. The predicted octanol–water partition coefficient (Wildman–Crippen LogP) is 3.34. The number of amides is 1. The van der Waals surface area contributed by atoms with Gasteiger partial charge in [-0.25, -0.2) is 4.68 Å². The highest BCUT2D eigenvalue weighted by Gasteiger charge is 2.34. The fourth-order valence-electron chi connectivity index (χ4n) is 2.71. The molecule has 13 heteroatoms. The summed E-state index contributed by atoms with van der Waals surface area (Å²) in [5.41, 5.74) is -3.18. The lowest BCUT2D eigenvalue weighted by Crippen LogP contribution is -2.32. The molecule has 0 aliphatic rings. The second-order valence-electron chi connectivity index (χ2n) is 6.35. The van der Waals surface area contributed by atoms with Gasteiger partial charge in [0.1, 0.15) is 5.52 Å². The molecule has 0 bridgehead atoms. The molecule has 0 radical (unpaired) electrons. The number of benzene rings is 2. The molecular weight excluding hydrogens is 432 g/mol. The maximum atomic E-state index is 13.0. The first kappa shape index (κ1) is 22.0. The van der Waals surface area contributed by atoms with Crippen molar-refractivity contribution >= 4 is 22.6 Å². The van der Waals surface area contributed by atoms with Gasteiger partial charge in [0.25, 0.3) is 5.91 Å². The summed E-state index contributed by atoms with van der Waals surface area (Å²) in [4.78, 5) is 12.2. The molecule has 3 aromatic rings. The number of nitriles is 1. The Hall–Kier alpha value is -3.66. The van der Waals surface area contributed by atoms with Crippen molar-refractivity contribution in [2.45, 2.75) is 25.0 Å². The van der Waals surface area contributed by atoms with Crippen LogP contribution in [0.15, 0.2) is 36.4 Å². The Morgan fingerprint density at radius 3 is 2.45 bits per heavy atom. The van der Waals surface area contributed by atoms with E-state index in [1.807, 2.05) is 0 Å². The van der Waals surface area contributed by atoms with E-state index in [-0.39, 0.29) is 16.7 Å². The number of hydrogen-bond donors (Lipinski definition) is 2. The minimum Gasteiger partial charge on any atom is -0.381 e. The van der Waals surface area contributed by atoms with Crippen LogP contribution in [0.3, 0.4) is 0 Å². The molecule has 162 valence electrons. The Balaban J connectivity index is 1.77. The van der Waals surface area contributed by atoms with E-state index in [0.717, 1.165) is 35.0 Å². The molecule has 31 heavy (non-hydrogen) atoms. The van der Waals surface area contributed by atoms with Gasteiger partial charge < -0.3 is 10.4 Å². The first-order chi connectivity index (χ1) is 14.4. The standard InChI is InChI=1S/C18H11F6N5O2/c19-17(20,21)10-2-4-14-13(5-10)27-28-29(14)8-15(30)16(31)26-11-3-1-9(7-25)12(6-11)18(22,23)24/h1-6,15,30H,8H2,(H,26,31)/t15-/m0/s1. The summed E-state index contributed by atoms with van der Waals surface area (Å²) in [5, 5.41) is 28.1. The van der Waals surface area contributed by atoms with Crippen LogP contribution in [-0.2, 0) is 23.7 Å². The van der Waals surface area contributed by atoms with Crippen molar-refractivity contribution in [3.05, 3.63) is 53.1 Å². The lowest BCUT2D eigenvalue weighted by Gasteiger charge is -2.14. The van der Waals surface area contributed by atoms with Crippen LogP contribution in [0.2, 0.25) is 0 Å². The second kappa shape index (κ2) is 7.88. The Labute approximate surface area is 169 Å². The van der Waals surface area contributed by atoms with Gasteiger partial charge in [-0.05, 0) is 36.4 Å². The molecule has 0 spiro atoms. The Bertz CT molecular complexity index is 1180. The number of hydrogen-bond acceptors (Lipinski definition) is 5. The number of anilines is 1. The molecule has 1 heterocycles. The van der Waals surface area contributed by atoms with E-state index in [1.165, 1.54) is 6.07 Å². The van der Waals surface area contributed by atoms with Crippen molar-refractivity contribution in [1.29, 1.82) is 5.26 Å². The largest absolute Gasteiger partial charge is 0.417 e. The third-order valence-corrected chi connectivity index (χ3v) is 4.20. The first-order valence-corrected chi connectivity index (χ1v) is 8.41. The molecular formula is C18H11F6N5O2. The maximum absolute atomic E-state index is 13.0. The highest BCUT2D eigenvalue weighted by molar-refractivity contribution is 5.94. The monoisotopic (exact) mass is 443 g/mol. The van der Waals surface area contributed by atoms with Crippen LogP contribution >= 0.6 is 0 Å². The van der Waals surface area contributed by atoms with Crippen molar-refractivity contribution in [1.82, 2.24) is 15.0 Å². The van der Waals surface area contributed by atoms with Gasteiger partial charge in [0.2, 0.25) is 0 Å². The van der Waals surface area contributed by atoms with Gasteiger partial charge in [0.15, 0.2) is 6.10 Å². The summed E-state index contributed by atoms with van der Waals surface area (Å²) in [7, 11) is 0. The van der Waals surface area contributed by atoms with Crippen LogP contribution in [0.5, 0.6) is 0 Å². The Morgan fingerprint density at radius 1 is 1.13 bits per heavy atom. The average Bonchev–Trinajstić information content (AvgIpc) is 3.08. The molecule has 0 aliphatic heterocycles. The second-order valence-corrected chi connectivity index (χ2v) is 6.35. The van der Waals surface area contributed by atoms with Gasteiger partial charge >= 0.3 is 12.4 Å². The highest BCUT2D eigenvalue weighted by atomic mass is 19.4. The summed E-state index contributed by atoms with van der Waals surface area (Å²) < 4.78 is 78.3. The zero-order chi connectivity index (χ0) is 23.0. The van der Waals surface area contributed by atoms with E-state index in [2.05, 4.69) is 15.6 Å². The predicted molar refractivity (Wildman–Crippen MR) is 93.3 cm³/mol. The van der Waals surface area contributed by atoms with Crippen molar-refractivity contribution in [3.63, 3.8) is 0 Å². The van der Waals surface area contributed by atoms with Crippen molar-refractivity contribution < 1.29 is 36.2 Å². The molecule has 0 saturated heterocycles. The summed E-state index contributed by atoms with van der Waals surface area (Å²) in [6.45, 7) is -0.518. The van der Waals surface area contributed by atoms with Crippen LogP contribution in [-0.4, -0.2) is 32.1 Å². The summed E-state index contributed by atoms with van der Waals surface area (Å²) >= 11 is 0. The number of carbonyl (C=O) groups is 1. The van der Waals surface area contributed by atoms with Crippen LogP contribution in [0.25, 0.3) is 11.0 Å². The molecule has 2 aromatic carbocycles. The number of nitrogens with one attached hydrogen (secondary N) is 1. The van der Waals surface area contributed by atoms with E-state index in [9.17, 15) is 36.2 Å². The fourth-order valence-corrected chi connectivity index (χ4v) is 2.71. The lowest BCUT2D eigenvalue weighted by molar-refractivity contribution is -0.138. The van der Waals surface area contributed by atoms with E-state index in [1.54, 1.807) is 0 Å². The molecule has 7 nitrogen and oxygen atoms in total. The minimum atomic E-state index is -4.83. The van der Waals surface area contributed by atoms with E-state index >= 15 is 0 Å². The number of halogens is 6.